The third kappa shape index (κ3) is 2.49. The number of nitrogens with two attached hydrogens (primary N) is 1. The highest BCUT2D eigenvalue weighted by atomic mass is 14.7. The van der Waals surface area contributed by atoms with E-state index in [1.807, 2.05) is 0 Å². The highest BCUT2D eigenvalue weighted by molar-refractivity contribution is 4.86. The molecule has 2 nitrogen and oxygen atoms in total. The minimum absolute atomic E-state index is 0.279. The fourth-order valence-corrected chi connectivity index (χ4v) is 1.82. The lowest BCUT2D eigenvalue weighted by Crippen LogP contribution is -2.36. The van der Waals surface area contributed by atoms with Gasteiger partial charge in [-0.3, -0.25) is 0 Å². The van der Waals surface area contributed by atoms with E-state index in [0.717, 1.165) is 18.8 Å². The van der Waals surface area contributed by atoms with Crippen LogP contribution >= 0.6 is 0 Å². The number of hydrogen-bond donors (Lipinski definition) is 1. The van der Waals surface area contributed by atoms with E-state index in [9.17, 15) is 0 Å². The molecule has 0 saturated heterocycles. The lowest BCUT2D eigenvalue weighted by Gasteiger charge is -2.32. The Hall–Kier alpha value is -0.550. The average molecular weight is 166 g/mol. The van der Waals surface area contributed by atoms with Gasteiger partial charge in [0, 0.05) is 12.0 Å². The summed E-state index contributed by atoms with van der Waals surface area (Å²) in [4.78, 5) is 0. The molecular weight excluding hydrogens is 148 g/mol. The quantitative estimate of drug-likeness (QED) is 0.695. The van der Waals surface area contributed by atoms with E-state index < -0.39 is 0 Å². The van der Waals surface area contributed by atoms with Gasteiger partial charge in [0.15, 0.2) is 0 Å². The van der Waals surface area contributed by atoms with Crippen molar-refractivity contribution in [1.29, 1.82) is 5.26 Å². The van der Waals surface area contributed by atoms with Crippen molar-refractivity contribution < 1.29 is 0 Å². The van der Waals surface area contributed by atoms with E-state index in [1.165, 1.54) is 19.3 Å². The molecule has 2 heteroatoms. The van der Waals surface area contributed by atoms with Crippen LogP contribution in [0.15, 0.2) is 0 Å². The van der Waals surface area contributed by atoms with Gasteiger partial charge in [0.1, 0.15) is 0 Å². The van der Waals surface area contributed by atoms with E-state index in [1.54, 1.807) is 0 Å². The molecule has 1 aliphatic carbocycles. The van der Waals surface area contributed by atoms with Crippen molar-refractivity contribution >= 4 is 0 Å². The van der Waals surface area contributed by atoms with Crippen molar-refractivity contribution in [3.8, 4) is 6.07 Å². The summed E-state index contributed by atoms with van der Waals surface area (Å²) in [5.74, 6) is 1.10. The summed E-state index contributed by atoms with van der Waals surface area (Å²) in [7, 11) is 0. The lowest BCUT2D eigenvalue weighted by atomic mass is 9.77. The van der Waals surface area contributed by atoms with E-state index in [4.69, 9.17) is 11.0 Å². The van der Waals surface area contributed by atoms with Crippen molar-refractivity contribution in [2.75, 3.05) is 0 Å². The molecule has 2 N–H and O–H groups in total. The van der Waals surface area contributed by atoms with Crippen LogP contribution in [0, 0.1) is 23.2 Å². The van der Waals surface area contributed by atoms with Crippen molar-refractivity contribution in [1.82, 2.24) is 0 Å². The maximum Gasteiger partial charge on any atom is 0.0655 e. The Kier molecular flexibility index (Phi) is 3.55. The summed E-state index contributed by atoms with van der Waals surface area (Å²) in [6.45, 7) is 2.08. The van der Waals surface area contributed by atoms with Crippen LogP contribution in [-0.2, 0) is 0 Å². The Balaban J connectivity index is 2.06. The van der Waals surface area contributed by atoms with Gasteiger partial charge in [0.2, 0.25) is 0 Å². The van der Waals surface area contributed by atoms with Gasteiger partial charge in [0.05, 0.1) is 6.07 Å². The van der Waals surface area contributed by atoms with Crippen LogP contribution in [0.25, 0.3) is 0 Å². The Morgan fingerprint density at radius 1 is 1.58 bits per heavy atom. The van der Waals surface area contributed by atoms with Gasteiger partial charge in [-0.2, -0.15) is 5.26 Å². The van der Waals surface area contributed by atoms with E-state index in [2.05, 4.69) is 13.0 Å². The highest BCUT2D eigenvalue weighted by Crippen LogP contribution is 2.31. The number of hydrogen-bond acceptors (Lipinski definition) is 2. The topological polar surface area (TPSA) is 49.8 Å². The second-order valence-electron chi connectivity index (χ2n) is 3.91. The van der Waals surface area contributed by atoms with E-state index in [0.29, 0.717) is 6.04 Å². The maximum atomic E-state index is 8.71. The molecule has 1 fully saturated rings. The van der Waals surface area contributed by atoms with Gasteiger partial charge in [-0.1, -0.05) is 6.92 Å². The molecule has 0 spiro atoms. The van der Waals surface area contributed by atoms with Crippen LogP contribution in [0.3, 0.4) is 0 Å². The molecule has 0 radical (unpaired) electrons. The van der Waals surface area contributed by atoms with Crippen molar-refractivity contribution in [2.24, 2.45) is 17.6 Å². The lowest BCUT2D eigenvalue weighted by molar-refractivity contribution is 0.237. The highest BCUT2D eigenvalue weighted by Gasteiger charge is 2.25. The summed E-state index contributed by atoms with van der Waals surface area (Å²) in [6.07, 6.45) is 5.64. The molecule has 1 rings (SSSR count). The van der Waals surface area contributed by atoms with Crippen LogP contribution in [0.5, 0.6) is 0 Å². The van der Waals surface area contributed by atoms with Crippen molar-refractivity contribution in [3.05, 3.63) is 0 Å². The zero-order valence-corrected chi connectivity index (χ0v) is 7.79. The van der Waals surface area contributed by atoms with E-state index in [-0.39, 0.29) is 5.92 Å². The molecule has 1 unspecified atom stereocenters. The number of nitrogens with zero attached hydrogens (tertiary/aromatic N) is 1. The van der Waals surface area contributed by atoms with E-state index >= 15 is 0 Å². The van der Waals surface area contributed by atoms with Crippen LogP contribution in [0.4, 0.5) is 0 Å². The Morgan fingerprint density at radius 3 is 2.67 bits per heavy atom. The summed E-state index contributed by atoms with van der Waals surface area (Å²) in [5, 5.41) is 8.71. The first-order valence-corrected chi connectivity index (χ1v) is 4.91. The van der Waals surface area contributed by atoms with Gasteiger partial charge in [-0.15, -0.1) is 0 Å². The fourth-order valence-electron chi connectivity index (χ4n) is 1.82. The summed E-state index contributed by atoms with van der Waals surface area (Å²) >= 11 is 0. The molecule has 0 amide bonds. The molecule has 1 saturated carbocycles. The molecule has 68 valence electrons. The molecule has 0 heterocycles. The zero-order chi connectivity index (χ0) is 8.97. The largest absolute Gasteiger partial charge is 0.328 e. The summed E-state index contributed by atoms with van der Waals surface area (Å²) < 4.78 is 0. The first-order valence-electron chi connectivity index (χ1n) is 4.91. The molecule has 1 atom stereocenters. The number of nitriles is 1. The average Bonchev–Trinajstić information content (AvgIpc) is 2.03. The fraction of sp³-hybridized carbons (Fsp3) is 0.900. The smallest absolute Gasteiger partial charge is 0.0655 e. The predicted octanol–water partition coefficient (Wildman–Crippen LogP) is 2.05. The van der Waals surface area contributed by atoms with Gasteiger partial charge >= 0.3 is 0 Å². The third-order valence-electron chi connectivity index (χ3n) is 2.87. The van der Waals surface area contributed by atoms with Gasteiger partial charge < -0.3 is 5.73 Å². The molecule has 0 aromatic carbocycles. The molecule has 0 aliphatic heterocycles. The molecule has 0 bridgehead atoms. The molecule has 0 aromatic heterocycles. The van der Waals surface area contributed by atoms with Gasteiger partial charge in [-0.25, -0.2) is 0 Å². The van der Waals surface area contributed by atoms with Crippen LogP contribution in [0.2, 0.25) is 0 Å². The maximum absolute atomic E-state index is 8.71. The van der Waals surface area contributed by atoms with Gasteiger partial charge in [0.25, 0.3) is 0 Å². The molecule has 0 aromatic rings. The van der Waals surface area contributed by atoms with Crippen molar-refractivity contribution in [3.63, 3.8) is 0 Å². The van der Waals surface area contributed by atoms with Crippen LogP contribution < -0.4 is 5.73 Å². The second-order valence-corrected chi connectivity index (χ2v) is 3.91. The van der Waals surface area contributed by atoms with Crippen LogP contribution in [0.1, 0.15) is 39.0 Å². The molecule has 1 aliphatic rings. The normalized spacial score (nSPS) is 30.4. The Morgan fingerprint density at radius 2 is 2.25 bits per heavy atom. The molecule has 12 heavy (non-hydrogen) atoms. The Labute approximate surface area is 74.8 Å². The monoisotopic (exact) mass is 166 g/mol. The SMILES string of the molecule is CCC(C#N)CC[C@H]1C[C@H](N)C1. The standard InChI is InChI=1S/C10H18N2/c1-2-8(7-11)3-4-9-5-10(12)6-9/h8-10H,2-6,12H2,1H3/t8?,9-,10-. The zero-order valence-electron chi connectivity index (χ0n) is 7.79. The predicted molar refractivity (Wildman–Crippen MR) is 49.3 cm³/mol. The first kappa shape index (κ1) is 9.54. The Bertz CT molecular complexity index is 165. The van der Waals surface area contributed by atoms with Gasteiger partial charge in [-0.05, 0) is 38.0 Å². The second kappa shape index (κ2) is 4.47. The minimum Gasteiger partial charge on any atom is -0.328 e. The minimum atomic E-state index is 0.279. The van der Waals surface area contributed by atoms with Crippen molar-refractivity contribution in [2.45, 2.75) is 45.1 Å². The van der Waals surface area contributed by atoms with Crippen LogP contribution in [-0.4, -0.2) is 6.04 Å². The number of rotatable bonds is 4. The summed E-state index contributed by atoms with van der Waals surface area (Å²) in [6, 6.07) is 2.79. The first-order chi connectivity index (χ1) is 5.76. The summed E-state index contributed by atoms with van der Waals surface area (Å²) in [5.41, 5.74) is 5.68. The molecular formula is C10H18N2. The third-order valence-corrected chi connectivity index (χ3v) is 2.87.